The maximum absolute atomic E-state index is 12.7. The first-order valence-corrected chi connectivity index (χ1v) is 8.86. The fourth-order valence-electron chi connectivity index (χ4n) is 2.52. The Morgan fingerprint density at radius 3 is 2.58 bits per heavy atom. The summed E-state index contributed by atoms with van der Waals surface area (Å²) in [7, 11) is 0. The molecule has 3 heterocycles. The largest absolute Gasteiger partial charge is 0.443 e. The minimum Gasteiger partial charge on any atom is -0.443 e. The summed E-state index contributed by atoms with van der Waals surface area (Å²) in [5, 5.41) is 0. The van der Waals surface area contributed by atoms with Gasteiger partial charge in [-0.05, 0) is 49.2 Å². The van der Waals surface area contributed by atoms with Gasteiger partial charge in [-0.25, -0.2) is 9.78 Å². The average molecular weight is 399 g/mol. The highest BCUT2D eigenvalue weighted by molar-refractivity contribution is 9.10. The number of ether oxygens (including phenoxy) is 2. The molecule has 24 heavy (non-hydrogen) atoms. The highest BCUT2D eigenvalue weighted by Crippen LogP contribution is 2.36. The van der Waals surface area contributed by atoms with Crippen molar-refractivity contribution >= 4 is 39.3 Å². The summed E-state index contributed by atoms with van der Waals surface area (Å²) in [5.41, 5.74) is 6.01. The quantitative estimate of drug-likeness (QED) is 0.842. The number of anilines is 3. The number of pyridine rings is 1. The van der Waals surface area contributed by atoms with Crippen molar-refractivity contribution in [3.05, 3.63) is 10.5 Å². The Kier molecular flexibility index (Phi) is 4.61. The molecule has 0 atom stereocenters. The molecule has 132 valence electrons. The first-order chi connectivity index (χ1) is 11.3. The molecule has 2 aliphatic heterocycles. The molecule has 1 aromatic rings. The maximum atomic E-state index is 12.7. The number of carbonyl (C=O) groups excluding carboxylic acids is 1. The van der Waals surface area contributed by atoms with E-state index in [1.807, 2.05) is 20.8 Å². The van der Waals surface area contributed by atoms with E-state index in [1.54, 1.807) is 6.07 Å². The molecule has 2 fully saturated rings. The summed E-state index contributed by atoms with van der Waals surface area (Å²) in [5.74, 6) is 1.24. The van der Waals surface area contributed by atoms with Crippen LogP contribution in [0.4, 0.5) is 22.1 Å². The molecule has 2 N–H and O–H groups in total. The summed E-state index contributed by atoms with van der Waals surface area (Å²) in [4.78, 5) is 21.1. The molecule has 3 rings (SSSR count). The van der Waals surface area contributed by atoms with Crippen molar-refractivity contribution in [1.82, 2.24) is 4.98 Å². The maximum Gasteiger partial charge on any atom is 0.416 e. The minimum atomic E-state index is -0.593. The van der Waals surface area contributed by atoms with Gasteiger partial charge in [-0.2, -0.15) is 0 Å². The zero-order valence-electron chi connectivity index (χ0n) is 14.2. The summed E-state index contributed by atoms with van der Waals surface area (Å²) < 4.78 is 11.6. The fraction of sp³-hybridized carbons (Fsp3) is 0.625. The number of halogens is 1. The van der Waals surface area contributed by atoms with Crippen LogP contribution in [0.5, 0.6) is 0 Å². The Hall–Kier alpha value is -1.54. The van der Waals surface area contributed by atoms with Gasteiger partial charge in [-0.1, -0.05) is 0 Å². The second-order valence-electron chi connectivity index (χ2n) is 7.09. The van der Waals surface area contributed by atoms with Crippen LogP contribution in [0, 0.1) is 0 Å². The van der Waals surface area contributed by atoms with Crippen LogP contribution in [0.2, 0.25) is 0 Å². The van der Waals surface area contributed by atoms with Gasteiger partial charge in [0.2, 0.25) is 0 Å². The summed E-state index contributed by atoms with van der Waals surface area (Å²) in [6.45, 7) is 8.32. The van der Waals surface area contributed by atoms with E-state index < -0.39 is 11.7 Å². The smallest absolute Gasteiger partial charge is 0.416 e. The normalized spacial score (nSPS) is 17.9. The van der Waals surface area contributed by atoms with Crippen molar-refractivity contribution in [2.24, 2.45) is 0 Å². The van der Waals surface area contributed by atoms with E-state index in [4.69, 9.17) is 15.2 Å². The highest BCUT2D eigenvalue weighted by Gasteiger charge is 2.37. The van der Waals surface area contributed by atoms with Crippen LogP contribution < -0.4 is 15.5 Å². The van der Waals surface area contributed by atoms with Crippen LogP contribution >= 0.6 is 15.9 Å². The van der Waals surface area contributed by atoms with Crippen molar-refractivity contribution in [2.75, 3.05) is 41.8 Å². The Labute approximate surface area is 150 Å². The van der Waals surface area contributed by atoms with Gasteiger partial charge in [0.1, 0.15) is 11.4 Å². The molecule has 0 aliphatic carbocycles. The lowest BCUT2D eigenvalue weighted by Crippen LogP contribution is -2.54. The third-order valence-electron chi connectivity index (χ3n) is 3.93. The predicted molar refractivity (Wildman–Crippen MR) is 96.5 cm³/mol. The number of aromatic nitrogens is 1. The van der Waals surface area contributed by atoms with Gasteiger partial charge in [-0.15, -0.1) is 0 Å². The molecular weight excluding hydrogens is 376 g/mol. The topological polar surface area (TPSA) is 80.9 Å². The van der Waals surface area contributed by atoms with Crippen molar-refractivity contribution in [3.63, 3.8) is 0 Å². The number of hydrogen-bond acceptors (Lipinski definition) is 6. The first kappa shape index (κ1) is 17.3. The third-order valence-corrected chi connectivity index (χ3v) is 4.51. The zero-order chi connectivity index (χ0) is 17.5. The number of amides is 1. The molecule has 1 amide bonds. The number of rotatable bonds is 3. The number of nitrogens with zero attached hydrogens (tertiary/aromatic N) is 3. The Morgan fingerprint density at radius 1 is 1.46 bits per heavy atom. The summed E-state index contributed by atoms with van der Waals surface area (Å²) in [6, 6.07) is 1.69. The first-order valence-electron chi connectivity index (χ1n) is 8.07. The third kappa shape index (κ3) is 3.44. The van der Waals surface area contributed by atoms with Crippen molar-refractivity contribution in [1.29, 1.82) is 0 Å². The van der Waals surface area contributed by atoms with Crippen molar-refractivity contribution in [3.8, 4) is 0 Å². The lowest BCUT2D eigenvalue weighted by molar-refractivity contribution is -0.000595. The van der Waals surface area contributed by atoms with Crippen LogP contribution in [-0.4, -0.2) is 49.0 Å². The van der Waals surface area contributed by atoms with E-state index in [2.05, 4.69) is 25.8 Å². The van der Waals surface area contributed by atoms with Crippen molar-refractivity contribution < 1.29 is 14.3 Å². The van der Waals surface area contributed by atoms with Gasteiger partial charge in [0.25, 0.3) is 0 Å². The van der Waals surface area contributed by atoms with E-state index in [0.717, 1.165) is 29.8 Å². The van der Waals surface area contributed by atoms with Gasteiger partial charge in [0, 0.05) is 13.1 Å². The Balaban J connectivity index is 1.96. The molecule has 2 saturated heterocycles. The number of carbonyl (C=O) groups is 1. The van der Waals surface area contributed by atoms with Crippen LogP contribution in [0.25, 0.3) is 0 Å². The standard InChI is InChI=1S/C16H23BrN4O3/c1-16(2,3)24-15(22)21(10-8-23-9-10)14-12(18)7-11(17)13(19-14)20-5-4-6-20/h7,10H,4-6,8-9,18H2,1-3H3. The number of hydrogen-bond donors (Lipinski definition) is 1. The molecule has 8 heteroatoms. The molecule has 0 saturated carbocycles. The summed E-state index contributed by atoms with van der Waals surface area (Å²) in [6.07, 6.45) is 0.687. The molecule has 1 aromatic heterocycles. The lowest BCUT2D eigenvalue weighted by Gasteiger charge is -2.39. The van der Waals surface area contributed by atoms with E-state index in [0.29, 0.717) is 24.7 Å². The second kappa shape index (κ2) is 6.40. The Morgan fingerprint density at radius 2 is 2.12 bits per heavy atom. The number of nitrogen functional groups attached to an aromatic ring is 1. The minimum absolute atomic E-state index is 0.111. The van der Waals surface area contributed by atoms with Gasteiger partial charge in [-0.3, -0.25) is 4.90 Å². The molecule has 2 aliphatic rings. The van der Waals surface area contributed by atoms with E-state index >= 15 is 0 Å². The summed E-state index contributed by atoms with van der Waals surface area (Å²) >= 11 is 3.52. The van der Waals surface area contributed by atoms with Crippen LogP contribution in [0.1, 0.15) is 27.2 Å². The second-order valence-corrected chi connectivity index (χ2v) is 7.94. The molecule has 0 radical (unpaired) electrons. The molecule has 0 spiro atoms. The van der Waals surface area contributed by atoms with E-state index in [9.17, 15) is 4.79 Å². The zero-order valence-corrected chi connectivity index (χ0v) is 15.8. The fourth-order valence-corrected chi connectivity index (χ4v) is 3.10. The van der Waals surface area contributed by atoms with Gasteiger partial charge < -0.3 is 20.1 Å². The Bertz CT molecular complexity index is 639. The lowest BCUT2D eigenvalue weighted by atomic mass is 10.2. The van der Waals surface area contributed by atoms with Gasteiger partial charge in [0.05, 0.1) is 29.4 Å². The molecule has 0 unspecified atom stereocenters. The van der Waals surface area contributed by atoms with Crippen LogP contribution in [0.15, 0.2) is 10.5 Å². The van der Waals surface area contributed by atoms with Gasteiger partial charge in [0.15, 0.2) is 5.82 Å². The molecule has 0 aromatic carbocycles. The molecule has 0 bridgehead atoms. The van der Waals surface area contributed by atoms with Crippen LogP contribution in [-0.2, 0) is 9.47 Å². The van der Waals surface area contributed by atoms with E-state index in [-0.39, 0.29) is 6.04 Å². The van der Waals surface area contributed by atoms with E-state index in [1.165, 1.54) is 4.90 Å². The monoisotopic (exact) mass is 398 g/mol. The van der Waals surface area contributed by atoms with Crippen molar-refractivity contribution in [2.45, 2.75) is 38.8 Å². The highest BCUT2D eigenvalue weighted by atomic mass is 79.9. The molecular formula is C16H23BrN4O3. The molecule has 7 nitrogen and oxygen atoms in total. The van der Waals surface area contributed by atoms with Crippen LogP contribution in [0.3, 0.4) is 0 Å². The number of nitrogens with two attached hydrogens (primary N) is 1. The predicted octanol–water partition coefficient (Wildman–Crippen LogP) is 2.78. The SMILES string of the molecule is CC(C)(C)OC(=O)N(c1nc(N2CCC2)c(Br)cc1N)C1COC1. The average Bonchev–Trinajstić information content (AvgIpc) is 2.33. The van der Waals surface area contributed by atoms with Gasteiger partial charge >= 0.3 is 6.09 Å².